The van der Waals surface area contributed by atoms with Crippen molar-refractivity contribution in [2.75, 3.05) is 119 Å². The van der Waals surface area contributed by atoms with Crippen molar-refractivity contribution in [3.63, 3.8) is 0 Å². The SMILES string of the molecule is [N-]=[N+]=NCCOCCOCCOc1cc(C(=O)O)cc(OCCOCCOCCN=[N+]=[N-])c1OCCOCCOCCN=[N+]=[N-]. The molecule has 0 radical (unpaired) electrons. The number of azide groups is 3. The molecule has 1 rings (SSSR count). The molecular formula is C25H39N9O11. The van der Waals surface area contributed by atoms with Gasteiger partial charge in [-0.25, -0.2) is 4.79 Å². The predicted octanol–water partition coefficient (Wildman–Crippen LogP) is 3.55. The van der Waals surface area contributed by atoms with Crippen molar-refractivity contribution < 1.29 is 52.5 Å². The number of nitrogens with zero attached hydrogens (tertiary/aromatic N) is 9. The molecule has 0 atom stereocenters. The maximum Gasteiger partial charge on any atom is 0.335 e. The summed E-state index contributed by atoms with van der Waals surface area (Å²) in [6, 6.07) is 2.65. The van der Waals surface area contributed by atoms with Gasteiger partial charge in [-0.1, -0.05) is 15.3 Å². The topological polar surface area (TPSA) is 267 Å². The Morgan fingerprint density at radius 3 is 1.18 bits per heavy atom. The number of carbonyl (C=O) groups is 1. The van der Waals surface area contributed by atoms with Crippen LogP contribution in [0, 0.1) is 0 Å². The molecule has 0 fully saturated rings. The molecule has 1 aromatic rings. The first kappa shape index (κ1) is 38.8. The molecule has 0 saturated carbocycles. The number of hydrogen-bond donors (Lipinski definition) is 1. The Bertz CT molecular complexity index is 1040. The molecule has 0 aliphatic carbocycles. The lowest BCUT2D eigenvalue weighted by molar-refractivity contribution is 0.0331. The van der Waals surface area contributed by atoms with Crippen LogP contribution in [0.15, 0.2) is 27.5 Å². The van der Waals surface area contributed by atoms with E-state index in [1.807, 2.05) is 0 Å². The zero-order valence-electron chi connectivity index (χ0n) is 24.9. The fraction of sp³-hybridized carbons (Fsp3) is 0.720. The Morgan fingerprint density at radius 2 is 0.844 bits per heavy atom. The van der Waals surface area contributed by atoms with E-state index in [9.17, 15) is 9.90 Å². The van der Waals surface area contributed by atoms with Crippen molar-refractivity contribution in [3.8, 4) is 17.2 Å². The molecule has 0 aromatic heterocycles. The van der Waals surface area contributed by atoms with Gasteiger partial charge in [0.25, 0.3) is 0 Å². The molecule has 1 N–H and O–H groups in total. The van der Waals surface area contributed by atoms with Crippen molar-refractivity contribution >= 4 is 5.97 Å². The minimum Gasteiger partial charge on any atom is -0.487 e. The van der Waals surface area contributed by atoms with Gasteiger partial charge in [-0.15, -0.1) is 0 Å². The van der Waals surface area contributed by atoms with Crippen LogP contribution in [0.2, 0.25) is 0 Å². The summed E-state index contributed by atoms with van der Waals surface area (Å²) in [5, 5.41) is 19.7. The van der Waals surface area contributed by atoms with Crippen molar-refractivity contribution in [2.45, 2.75) is 0 Å². The van der Waals surface area contributed by atoms with Gasteiger partial charge in [0.15, 0.2) is 11.5 Å². The van der Waals surface area contributed by atoms with Crippen molar-refractivity contribution in [1.82, 2.24) is 0 Å². The number of aromatic carboxylic acids is 1. The summed E-state index contributed by atoms with van der Waals surface area (Å²) in [5.41, 5.74) is 24.7. The smallest absolute Gasteiger partial charge is 0.335 e. The number of carboxylic acids is 1. The van der Waals surface area contributed by atoms with Gasteiger partial charge < -0.3 is 47.7 Å². The summed E-state index contributed by atoms with van der Waals surface area (Å²) >= 11 is 0. The third kappa shape index (κ3) is 21.2. The highest BCUT2D eigenvalue weighted by Crippen LogP contribution is 2.39. The lowest BCUT2D eigenvalue weighted by Gasteiger charge is -2.18. The molecule has 0 unspecified atom stereocenters. The zero-order valence-corrected chi connectivity index (χ0v) is 24.9. The zero-order chi connectivity index (χ0) is 32.6. The van der Waals surface area contributed by atoms with Crippen LogP contribution in [0.25, 0.3) is 31.3 Å². The first-order valence-electron chi connectivity index (χ1n) is 13.9. The molecule has 0 saturated heterocycles. The molecule has 45 heavy (non-hydrogen) atoms. The highest BCUT2D eigenvalue weighted by atomic mass is 16.6. The average Bonchev–Trinajstić information content (AvgIpc) is 3.04. The van der Waals surface area contributed by atoms with E-state index in [0.29, 0.717) is 19.8 Å². The van der Waals surface area contributed by atoms with Gasteiger partial charge in [0, 0.05) is 34.4 Å². The lowest BCUT2D eigenvalue weighted by Crippen LogP contribution is -2.15. The average molecular weight is 642 g/mol. The van der Waals surface area contributed by atoms with Crippen LogP contribution in [-0.4, -0.2) is 130 Å². The Kier molecular flexibility index (Phi) is 24.6. The van der Waals surface area contributed by atoms with E-state index in [0.717, 1.165) is 0 Å². The minimum atomic E-state index is -1.19. The van der Waals surface area contributed by atoms with Crippen LogP contribution in [-0.2, 0) is 28.4 Å². The summed E-state index contributed by atoms with van der Waals surface area (Å²) in [5.74, 6) is -0.745. The van der Waals surface area contributed by atoms with E-state index in [4.69, 9.17) is 59.2 Å². The second kappa shape index (κ2) is 28.5. The van der Waals surface area contributed by atoms with Gasteiger partial charge in [0.2, 0.25) is 5.75 Å². The number of hydrogen-bond acceptors (Lipinski definition) is 13. The summed E-state index contributed by atoms with van der Waals surface area (Å²) < 4.78 is 49.8. The van der Waals surface area contributed by atoms with Gasteiger partial charge in [0.1, 0.15) is 19.8 Å². The predicted molar refractivity (Wildman–Crippen MR) is 157 cm³/mol. The molecule has 0 heterocycles. The Balaban J connectivity index is 2.69. The largest absolute Gasteiger partial charge is 0.487 e. The number of rotatable bonds is 31. The quantitative estimate of drug-likeness (QED) is 0.0530. The van der Waals surface area contributed by atoms with Gasteiger partial charge in [-0.05, 0) is 28.7 Å². The summed E-state index contributed by atoms with van der Waals surface area (Å²) in [6.45, 7) is 4.02. The fourth-order valence-electron chi connectivity index (χ4n) is 3.10. The van der Waals surface area contributed by atoms with Crippen molar-refractivity contribution in [1.29, 1.82) is 0 Å². The summed E-state index contributed by atoms with van der Waals surface area (Å²) in [7, 11) is 0. The Morgan fingerprint density at radius 1 is 0.533 bits per heavy atom. The monoisotopic (exact) mass is 641 g/mol. The van der Waals surface area contributed by atoms with Crippen LogP contribution in [0.4, 0.5) is 0 Å². The summed E-state index contributed by atoms with van der Waals surface area (Å²) in [4.78, 5) is 19.7. The van der Waals surface area contributed by atoms with Gasteiger partial charge >= 0.3 is 5.97 Å². The standard InChI is InChI=1S/C25H39N9O11/c26-32-29-1-4-37-7-10-40-13-16-43-22-19-21(25(35)36)20-23(44-17-14-41-11-8-38-5-2-30-33-27)24(22)45-18-15-42-12-9-39-6-3-31-34-28/h19-20H,1-18H2,(H,35,36). The van der Waals surface area contributed by atoms with E-state index in [1.165, 1.54) is 12.1 Å². The molecule has 0 aliphatic rings. The van der Waals surface area contributed by atoms with E-state index in [1.54, 1.807) is 0 Å². The number of ether oxygens (including phenoxy) is 9. The van der Waals surface area contributed by atoms with Gasteiger partial charge in [-0.2, -0.15) is 0 Å². The Labute approximate surface area is 259 Å². The van der Waals surface area contributed by atoms with E-state index in [-0.39, 0.29) is 122 Å². The molecule has 0 aliphatic heterocycles. The molecular weight excluding hydrogens is 602 g/mol. The maximum atomic E-state index is 11.8. The number of carboxylic acid groups (broad SMARTS) is 1. The molecule has 0 amide bonds. The molecule has 20 heteroatoms. The van der Waals surface area contributed by atoms with Crippen molar-refractivity contribution in [3.05, 3.63) is 49.0 Å². The third-order valence-electron chi connectivity index (χ3n) is 5.02. The van der Waals surface area contributed by atoms with E-state index in [2.05, 4.69) is 30.1 Å². The fourth-order valence-corrected chi connectivity index (χ4v) is 3.10. The first-order chi connectivity index (χ1) is 22.1. The van der Waals surface area contributed by atoms with Crippen LogP contribution in [0.5, 0.6) is 17.2 Å². The molecule has 0 spiro atoms. The Hall–Kier alpha value is -4.22. The van der Waals surface area contributed by atoms with Crippen LogP contribution in [0.1, 0.15) is 10.4 Å². The van der Waals surface area contributed by atoms with Crippen LogP contribution in [0.3, 0.4) is 0 Å². The highest BCUT2D eigenvalue weighted by Gasteiger charge is 2.19. The van der Waals surface area contributed by atoms with E-state index < -0.39 is 5.97 Å². The number of benzene rings is 1. The molecule has 1 aromatic carbocycles. The normalized spacial score (nSPS) is 10.3. The van der Waals surface area contributed by atoms with Gasteiger partial charge in [-0.3, -0.25) is 0 Å². The highest BCUT2D eigenvalue weighted by molar-refractivity contribution is 5.89. The summed E-state index contributed by atoms with van der Waals surface area (Å²) in [6.07, 6.45) is 0. The van der Waals surface area contributed by atoms with Crippen LogP contribution >= 0.6 is 0 Å². The lowest BCUT2D eigenvalue weighted by atomic mass is 10.2. The second-order valence-corrected chi connectivity index (χ2v) is 8.19. The molecule has 20 nitrogen and oxygen atoms in total. The molecule has 250 valence electrons. The molecule has 0 bridgehead atoms. The maximum absolute atomic E-state index is 11.8. The minimum absolute atomic E-state index is 0.0735. The van der Waals surface area contributed by atoms with E-state index >= 15 is 0 Å². The second-order valence-electron chi connectivity index (χ2n) is 8.19. The van der Waals surface area contributed by atoms with Crippen LogP contribution < -0.4 is 14.2 Å². The van der Waals surface area contributed by atoms with Crippen molar-refractivity contribution in [2.24, 2.45) is 15.3 Å². The third-order valence-corrected chi connectivity index (χ3v) is 5.02. The first-order valence-corrected chi connectivity index (χ1v) is 13.9. The van der Waals surface area contributed by atoms with Gasteiger partial charge in [0.05, 0.1) is 84.8 Å².